The Morgan fingerprint density at radius 1 is 1.20 bits per heavy atom. The molecule has 20 heavy (non-hydrogen) atoms. The van der Waals surface area contributed by atoms with E-state index in [1.54, 1.807) is 0 Å². The number of aryl methyl sites for hydroxylation is 1. The van der Waals surface area contributed by atoms with Crippen LogP contribution in [0.25, 0.3) is 0 Å². The summed E-state index contributed by atoms with van der Waals surface area (Å²) in [4.78, 5) is 4.70. The number of hydrogen-bond acceptors (Lipinski definition) is 4. The van der Waals surface area contributed by atoms with Crippen LogP contribution in [-0.4, -0.2) is 23.2 Å². The molecular weight excluding hydrogens is 250 g/mol. The van der Waals surface area contributed by atoms with E-state index < -0.39 is 0 Å². The molecule has 2 aliphatic rings. The zero-order valence-corrected chi connectivity index (χ0v) is 11.5. The number of piperidine rings is 1. The normalized spacial score (nSPS) is 25.6. The Labute approximate surface area is 118 Å². The van der Waals surface area contributed by atoms with Crippen molar-refractivity contribution >= 4 is 0 Å². The van der Waals surface area contributed by atoms with Gasteiger partial charge in [-0.05, 0) is 43.4 Å². The smallest absolute Gasteiger partial charge is 0.231 e. The number of nitrogens with one attached hydrogen (secondary N) is 1. The minimum Gasteiger partial charge on any atom is -0.339 e. The lowest BCUT2D eigenvalue weighted by atomic mass is 9.99. The Balaban J connectivity index is 1.59. The van der Waals surface area contributed by atoms with E-state index in [2.05, 4.69) is 34.7 Å². The molecule has 1 aliphatic carbocycles. The van der Waals surface area contributed by atoms with E-state index in [0.717, 1.165) is 44.1 Å². The van der Waals surface area contributed by atoms with Gasteiger partial charge in [0, 0.05) is 12.5 Å². The van der Waals surface area contributed by atoms with Crippen molar-refractivity contribution < 1.29 is 4.52 Å². The van der Waals surface area contributed by atoms with Crippen LogP contribution < -0.4 is 5.32 Å². The SMILES string of the molecule is c1ccc2c(c1)CCC2c1noc(C2CCCNC2)n1. The number of aromatic nitrogens is 2. The Morgan fingerprint density at radius 2 is 2.15 bits per heavy atom. The maximum Gasteiger partial charge on any atom is 0.231 e. The van der Waals surface area contributed by atoms with E-state index in [0.29, 0.717) is 11.8 Å². The molecule has 0 saturated carbocycles. The molecule has 2 unspecified atom stereocenters. The van der Waals surface area contributed by atoms with Crippen LogP contribution >= 0.6 is 0 Å². The summed E-state index contributed by atoms with van der Waals surface area (Å²) < 4.78 is 5.53. The van der Waals surface area contributed by atoms with Crippen LogP contribution in [0.3, 0.4) is 0 Å². The maximum absolute atomic E-state index is 5.53. The van der Waals surface area contributed by atoms with Crippen molar-refractivity contribution in [3.63, 3.8) is 0 Å². The monoisotopic (exact) mass is 269 g/mol. The van der Waals surface area contributed by atoms with Crippen LogP contribution in [0.1, 0.15) is 53.9 Å². The molecule has 1 N–H and O–H groups in total. The van der Waals surface area contributed by atoms with Crippen LogP contribution in [0.2, 0.25) is 0 Å². The highest BCUT2D eigenvalue weighted by atomic mass is 16.5. The maximum atomic E-state index is 5.53. The standard InChI is InChI=1S/C16H19N3O/c1-2-6-13-11(4-1)7-8-14(13)15-18-16(20-19-15)12-5-3-9-17-10-12/h1-2,4,6,12,14,17H,3,5,7-10H2. The molecule has 1 aliphatic heterocycles. The second-order valence-corrected chi connectivity index (χ2v) is 5.82. The average Bonchev–Trinajstić information content (AvgIpc) is 3.14. The van der Waals surface area contributed by atoms with Crippen molar-refractivity contribution in [3.8, 4) is 0 Å². The third-order valence-electron chi connectivity index (χ3n) is 4.55. The Bertz CT molecular complexity index is 601. The first-order valence-corrected chi connectivity index (χ1v) is 7.54. The van der Waals surface area contributed by atoms with Crippen molar-refractivity contribution in [2.24, 2.45) is 0 Å². The molecule has 2 atom stereocenters. The van der Waals surface area contributed by atoms with Crippen LogP contribution in [-0.2, 0) is 6.42 Å². The Hall–Kier alpha value is -1.68. The highest BCUT2D eigenvalue weighted by Crippen LogP contribution is 2.37. The lowest BCUT2D eigenvalue weighted by molar-refractivity contribution is 0.319. The van der Waals surface area contributed by atoms with Crippen LogP contribution in [0.5, 0.6) is 0 Å². The van der Waals surface area contributed by atoms with E-state index in [1.807, 2.05) is 0 Å². The number of benzene rings is 1. The lowest BCUT2D eigenvalue weighted by Crippen LogP contribution is -2.28. The molecule has 1 saturated heterocycles. The fourth-order valence-corrected chi connectivity index (χ4v) is 3.44. The molecule has 4 nitrogen and oxygen atoms in total. The van der Waals surface area contributed by atoms with Crippen molar-refractivity contribution in [1.82, 2.24) is 15.5 Å². The van der Waals surface area contributed by atoms with Crippen LogP contribution in [0.15, 0.2) is 28.8 Å². The van der Waals surface area contributed by atoms with Crippen LogP contribution in [0.4, 0.5) is 0 Å². The van der Waals surface area contributed by atoms with E-state index in [-0.39, 0.29) is 0 Å². The molecule has 0 radical (unpaired) electrons. The molecule has 2 aromatic rings. The highest BCUT2D eigenvalue weighted by molar-refractivity contribution is 5.38. The number of nitrogens with zero attached hydrogens (tertiary/aromatic N) is 2. The minimum absolute atomic E-state index is 0.320. The van der Waals surface area contributed by atoms with Crippen LogP contribution in [0, 0.1) is 0 Å². The van der Waals surface area contributed by atoms with Gasteiger partial charge in [0.25, 0.3) is 0 Å². The number of fused-ring (bicyclic) bond motifs is 1. The van der Waals surface area contributed by atoms with Crippen molar-refractivity contribution in [2.45, 2.75) is 37.5 Å². The molecule has 0 amide bonds. The summed E-state index contributed by atoms with van der Waals surface area (Å²) in [5.41, 5.74) is 2.81. The summed E-state index contributed by atoms with van der Waals surface area (Å²) >= 11 is 0. The molecule has 1 fully saturated rings. The minimum atomic E-state index is 0.320. The zero-order chi connectivity index (χ0) is 13.4. The third kappa shape index (κ3) is 2.04. The van der Waals surface area contributed by atoms with Gasteiger partial charge in [0.05, 0.1) is 5.92 Å². The molecule has 104 valence electrons. The molecule has 2 heterocycles. The molecule has 1 aromatic carbocycles. The van der Waals surface area contributed by atoms with E-state index in [1.165, 1.54) is 17.5 Å². The van der Waals surface area contributed by atoms with Gasteiger partial charge in [-0.1, -0.05) is 29.4 Å². The van der Waals surface area contributed by atoms with Gasteiger partial charge in [0.1, 0.15) is 0 Å². The topological polar surface area (TPSA) is 51.0 Å². The van der Waals surface area contributed by atoms with Gasteiger partial charge in [-0.3, -0.25) is 0 Å². The predicted octanol–water partition coefficient (Wildman–Crippen LogP) is 2.61. The fourth-order valence-electron chi connectivity index (χ4n) is 3.44. The quantitative estimate of drug-likeness (QED) is 0.910. The van der Waals surface area contributed by atoms with Gasteiger partial charge >= 0.3 is 0 Å². The second kappa shape index (κ2) is 5.02. The molecule has 0 spiro atoms. The van der Waals surface area contributed by atoms with E-state index >= 15 is 0 Å². The zero-order valence-electron chi connectivity index (χ0n) is 11.5. The molecule has 4 heteroatoms. The largest absolute Gasteiger partial charge is 0.339 e. The average molecular weight is 269 g/mol. The molecule has 1 aromatic heterocycles. The van der Waals surface area contributed by atoms with Gasteiger partial charge in [-0.25, -0.2) is 0 Å². The highest BCUT2D eigenvalue weighted by Gasteiger charge is 2.29. The molecule has 0 bridgehead atoms. The predicted molar refractivity (Wildman–Crippen MR) is 75.7 cm³/mol. The first kappa shape index (κ1) is 12.1. The Morgan fingerprint density at radius 3 is 3.05 bits per heavy atom. The summed E-state index contributed by atoms with van der Waals surface area (Å²) in [5, 5.41) is 7.66. The first-order chi connectivity index (χ1) is 9.92. The summed E-state index contributed by atoms with van der Waals surface area (Å²) in [5.74, 6) is 2.40. The molecule has 4 rings (SSSR count). The third-order valence-corrected chi connectivity index (χ3v) is 4.55. The summed E-state index contributed by atoms with van der Waals surface area (Å²) in [7, 11) is 0. The molecular formula is C16H19N3O. The van der Waals surface area contributed by atoms with Gasteiger partial charge in [-0.15, -0.1) is 0 Å². The summed E-state index contributed by atoms with van der Waals surface area (Å²) in [6.45, 7) is 2.07. The van der Waals surface area contributed by atoms with Crippen molar-refractivity contribution in [3.05, 3.63) is 47.1 Å². The van der Waals surface area contributed by atoms with Crippen molar-refractivity contribution in [2.75, 3.05) is 13.1 Å². The van der Waals surface area contributed by atoms with E-state index in [4.69, 9.17) is 9.51 Å². The number of hydrogen-bond donors (Lipinski definition) is 1. The summed E-state index contributed by atoms with van der Waals surface area (Å²) in [6.07, 6.45) is 4.56. The van der Waals surface area contributed by atoms with Gasteiger partial charge in [-0.2, -0.15) is 4.98 Å². The fraction of sp³-hybridized carbons (Fsp3) is 0.500. The summed E-state index contributed by atoms with van der Waals surface area (Å²) in [6, 6.07) is 8.62. The van der Waals surface area contributed by atoms with Crippen molar-refractivity contribution in [1.29, 1.82) is 0 Å². The lowest BCUT2D eigenvalue weighted by Gasteiger charge is -2.18. The number of rotatable bonds is 2. The first-order valence-electron chi connectivity index (χ1n) is 7.54. The van der Waals surface area contributed by atoms with E-state index in [9.17, 15) is 0 Å². The van der Waals surface area contributed by atoms with Gasteiger partial charge < -0.3 is 9.84 Å². The Kier molecular flexibility index (Phi) is 3.03. The van der Waals surface area contributed by atoms with Gasteiger partial charge in [0.15, 0.2) is 5.82 Å². The second-order valence-electron chi connectivity index (χ2n) is 5.82. The van der Waals surface area contributed by atoms with Gasteiger partial charge in [0.2, 0.25) is 5.89 Å².